The Balaban J connectivity index is 1.37. The van der Waals surface area contributed by atoms with Crippen LogP contribution in [0.3, 0.4) is 0 Å². The van der Waals surface area contributed by atoms with Crippen molar-refractivity contribution in [2.45, 2.75) is 51.9 Å². The lowest BCUT2D eigenvalue weighted by molar-refractivity contribution is -0.159. The maximum Gasteiger partial charge on any atom is 0.336 e. The van der Waals surface area contributed by atoms with Crippen LogP contribution in [-0.4, -0.2) is 30.3 Å². The van der Waals surface area contributed by atoms with Gasteiger partial charge in [0.2, 0.25) is 0 Å². The zero-order valence-corrected chi connectivity index (χ0v) is 19.9. The predicted octanol–water partition coefficient (Wildman–Crippen LogP) is 5.89. The van der Waals surface area contributed by atoms with E-state index < -0.39 is 17.2 Å². The van der Waals surface area contributed by atoms with E-state index >= 15 is 0 Å². The molecule has 0 heterocycles. The van der Waals surface area contributed by atoms with E-state index in [2.05, 4.69) is 0 Å². The van der Waals surface area contributed by atoms with Gasteiger partial charge < -0.3 is 19.3 Å². The van der Waals surface area contributed by atoms with E-state index in [1.165, 1.54) is 13.2 Å². The summed E-state index contributed by atoms with van der Waals surface area (Å²) in [5.41, 5.74) is 0.493. The maximum atomic E-state index is 14.6. The van der Waals surface area contributed by atoms with E-state index in [0.717, 1.165) is 22.4 Å². The fourth-order valence-corrected chi connectivity index (χ4v) is 4.62. The van der Waals surface area contributed by atoms with Gasteiger partial charge in [-0.05, 0) is 66.6 Å². The molecule has 0 atom stereocenters. The minimum atomic E-state index is -1.17. The Kier molecular flexibility index (Phi) is 7.36. The van der Waals surface area contributed by atoms with Crippen LogP contribution in [0.4, 0.5) is 4.39 Å². The van der Waals surface area contributed by atoms with E-state index in [-0.39, 0.29) is 42.2 Å². The van der Waals surface area contributed by atoms with Crippen molar-refractivity contribution in [2.24, 2.45) is 5.41 Å². The molecule has 7 heteroatoms. The molecule has 1 aliphatic carbocycles. The Hall–Kier alpha value is -3.45. The molecule has 0 aromatic heterocycles. The molecule has 0 bridgehead atoms. The van der Waals surface area contributed by atoms with Gasteiger partial charge in [0, 0.05) is 7.11 Å². The average Bonchev–Trinajstić information content (AvgIpc) is 2.85. The lowest BCUT2D eigenvalue weighted by Crippen LogP contribution is -2.37. The van der Waals surface area contributed by atoms with Crippen LogP contribution in [-0.2, 0) is 27.5 Å². The number of fused-ring (bicyclic) bond motifs is 1. The number of benzene rings is 3. The minimum absolute atomic E-state index is 0.0124. The molecule has 3 aromatic carbocycles. The third kappa shape index (κ3) is 5.46. The van der Waals surface area contributed by atoms with Crippen molar-refractivity contribution >= 4 is 22.7 Å². The summed E-state index contributed by atoms with van der Waals surface area (Å²) >= 11 is 0. The third-order valence-electron chi connectivity index (χ3n) is 6.75. The van der Waals surface area contributed by atoms with Crippen molar-refractivity contribution in [3.05, 3.63) is 77.1 Å². The molecule has 1 fully saturated rings. The van der Waals surface area contributed by atoms with Gasteiger partial charge in [-0.25, -0.2) is 9.18 Å². The second kappa shape index (κ2) is 10.4. The largest absolute Gasteiger partial charge is 0.487 e. The van der Waals surface area contributed by atoms with Crippen LogP contribution in [0.25, 0.3) is 10.8 Å². The first-order chi connectivity index (χ1) is 16.8. The highest BCUT2D eigenvalue weighted by Gasteiger charge is 2.40. The highest BCUT2D eigenvalue weighted by atomic mass is 19.1. The number of carboxylic acid groups (broad SMARTS) is 1. The molecule has 184 valence electrons. The monoisotopic (exact) mass is 480 g/mol. The van der Waals surface area contributed by atoms with E-state index in [1.54, 1.807) is 0 Å². The Morgan fingerprint density at radius 1 is 1.03 bits per heavy atom. The Morgan fingerprint density at radius 2 is 1.74 bits per heavy atom. The molecule has 0 saturated heterocycles. The van der Waals surface area contributed by atoms with Crippen molar-refractivity contribution in [3.8, 4) is 5.75 Å². The molecular weight excluding hydrogens is 451 g/mol. The van der Waals surface area contributed by atoms with Gasteiger partial charge in [-0.2, -0.15) is 0 Å². The fraction of sp³-hybridized carbons (Fsp3) is 0.357. The summed E-state index contributed by atoms with van der Waals surface area (Å²) in [5.74, 6) is -2.17. The number of carbonyl (C=O) groups is 2. The molecule has 0 spiro atoms. The molecular formula is C28H29FO6. The summed E-state index contributed by atoms with van der Waals surface area (Å²) in [6.45, 7) is 2.07. The summed E-state index contributed by atoms with van der Waals surface area (Å²) in [4.78, 5) is 24.5. The van der Waals surface area contributed by atoms with Crippen LogP contribution in [0.5, 0.6) is 5.75 Å². The molecule has 6 nitrogen and oxygen atoms in total. The molecule has 0 amide bonds. The first-order valence-electron chi connectivity index (χ1n) is 11.7. The van der Waals surface area contributed by atoms with Crippen LogP contribution in [0.15, 0.2) is 54.6 Å². The van der Waals surface area contributed by atoms with E-state index in [0.29, 0.717) is 25.7 Å². The second-order valence-corrected chi connectivity index (χ2v) is 9.27. The summed E-state index contributed by atoms with van der Waals surface area (Å²) in [7, 11) is 1.42. The number of esters is 1. The third-order valence-corrected chi connectivity index (χ3v) is 6.75. The topological polar surface area (TPSA) is 82.1 Å². The summed E-state index contributed by atoms with van der Waals surface area (Å²) in [6, 6.07) is 16.3. The first kappa shape index (κ1) is 24.7. The van der Waals surface area contributed by atoms with Gasteiger partial charge in [0.05, 0.1) is 23.7 Å². The van der Waals surface area contributed by atoms with Crippen molar-refractivity contribution in [2.75, 3.05) is 7.11 Å². The lowest BCUT2D eigenvalue weighted by atomic mass is 9.74. The normalized spacial score (nSPS) is 19.9. The predicted molar refractivity (Wildman–Crippen MR) is 129 cm³/mol. The zero-order chi connectivity index (χ0) is 25.0. The summed E-state index contributed by atoms with van der Waals surface area (Å²) in [5, 5.41) is 11.6. The lowest BCUT2D eigenvalue weighted by Gasteiger charge is -2.35. The van der Waals surface area contributed by atoms with Crippen LogP contribution >= 0.6 is 0 Å². The maximum absolute atomic E-state index is 14.6. The van der Waals surface area contributed by atoms with Crippen LogP contribution in [0, 0.1) is 11.2 Å². The van der Waals surface area contributed by atoms with Gasteiger partial charge in [0.15, 0.2) is 11.6 Å². The molecule has 1 aliphatic rings. The van der Waals surface area contributed by atoms with Crippen LogP contribution in [0.1, 0.15) is 54.1 Å². The molecule has 35 heavy (non-hydrogen) atoms. The number of hydrogen-bond acceptors (Lipinski definition) is 5. The number of carboxylic acids is 1. The molecule has 3 aromatic rings. The van der Waals surface area contributed by atoms with E-state index in [9.17, 15) is 19.1 Å². The van der Waals surface area contributed by atoms with Gasteiger partial charge in [0.25, 0.3) is 0 Å². The molecule has 0 aliphatic heterocycles. The average molecular weight is 481 g/mol. The number of ether oxygens (including phenoxy) is 3. The Labute approximate surface area is 203 Å². The summed E-state index contributed by atoms with van der Waals surface area (Å²) in [6.07, 6.45) is 1.80. The van der Waals surface area contributed by atoms with Crippen molar-refractivity contribution < 1.29 is 33.3 Å². The number of methoxy groups -OCH3 is 1. The van der Waals surface area contributed by atoms with Gasteiger partial charge >= 0.3 is 11.9 Å². The van der Waals surface area contributed by atoms with Gasteiger partial charge in [-0.15, -0.1) is 0 Å². The van der Waals surface area contributed by atoms with Crippen LogP contribution in [0.2, 0.25) is 0 Å². The van der Waals surface area contributed by atoms with Crippen molar-refractivity contribution in [1.82, 2.24) is 0 Å². The smallest absolute Gasteiger partial charge is 0.336 e. The molecule has 0 unspecified atom stereocenters. The van der Waals surface area contributed by atoms with Gasteiger partial charge in [-0.3, -0.25) is 4.79 Å². The van der Waals surface area contributed by atoms with Gasteiger partial charge in [0.1, 0.15) is 6.61 Å². The van der Waals surface area contributed by atoms with Crippen molar-refractivity contribution in [1.29, 1.82) is 0 Å². The molecule has 1 saturated carbocycles. The quantitative estimate of drug-likeness (QED) is 0.405. The second-order valence-electron chi connectivity index (χ2n) is 9.27. The van der Waals surface area contributed by atoms with Gasteiger partial charge in [-0.1, -0.05) is 42.5 Å². The summed E-state index contributed by atoms with van der Waals surface area (Å²) < 4.78 is 31.1. The number of carbonyl (C=O) groups excluding carboxylic acids is 1. The minimum Gasteiger partial charge on any atom is -0.487 e. The number of halogens is 1. The number of rotatable bonds is 8. The first-order valence-corrected chi connectivity index (χ1v) is 11.7. The standard InChI is InChI=1S/C28H29FO6/c1-28(27(32)34-17-19-8-5-7-18-6-3-4-9-22(18)19)12-10-21(11-13-28)35-25-15-23(26(30)31)20(16-33-2)14-24(25)29/h3-9,14-15,21H,10-13,16-17H2,1-2H3,(H,30,31). The van der Waals surface area contributed by atoms with Crippen molar-refractivity contribution in [3.63, 3.8) is 0 Å². The van der Waals surface area contributed by atoms with Crippen LogP contribution < -0.4 is 4.74 Å². The molecule has 4 rings (SSSR count). The zero-order valence-electron chi connectivity index (χ0n) is 19.9. The molecule has 0 radical (unpaired) electrons. The fourth-order valence-electron chi connectivity index (χ4n) is 4.62. The SMILES string of the molecule is COCc1cc(F)c(OC2CCC(C)(C(=O)OCc3cccc4ccccc34)CC2)cc1C(=O)O. The Bertz CT molecular complexity index is 1220. The van der Waals surface area contributed by atoms with E-state index in [1.807, 2.05) is 49.4 Å². The molecule has 1 N–H and O–H groups in total. The van der Waals surface area contributed by atoms with E-state index in [4.69, 9.17) is 14.2 Å². The highest BCUT2D eigenvalue weighted by Crippen LogP contribution is 2.39. The number of aromatic carboxylic acids is 1. The highest BCUT2D eigenvalue weighted by molar-refractivity contribution is 5.90. The number of hydrogen-bond donors (Lipinski definition) is 1. The Morgan fingerprint density at radius 3 is 2.46 bits per heavy atom.